The predicted octanol–water partition coefficient (Wildman–Crippen LogP) is 3.88. The number of rotatable bonds is 7. The SMILES string of the molecule is CCOC(=O)c1c(C)[nH]c(/C=N/NC(=O)[C@H](C)Oc2ccc3ccccc3c2)c1C. The van der Waals surface area contributed by atoms with E-state index in [1.54, 1.807) is 27.7 Å². The van der Waals surface area contributed by atoms with Gasteiger partial charge in [-0.1, -0.05) is 30.3 Å². The van der Waals surface area contributed by atoms with E-state index in [-0.39, 0.29) is 11.9 Å². The average Bonchev–Trinajstić information content (AvgIpc) is 3.01. The Hall–Kier alpha value is -3.61. The third-order valence-corrected chi connectivity index (χ3v) is 4.73. The maximum absolute atomic E-state index is 12.3. The number of H-pyrrole nitrogens is 1. The molecule has 1 aromatic heterocycles. The van der Waals surface area contributed by atoms with Crippen LogP contribution >= 0.6 is 0 Å². The number of nitrogens with zero attached hydrogens (tertiary/aromatic N) is 1. The molecule has 0 unspecified atom stereocenters. The summed E-state index contributed by atoms with van der Waals surface area (Å²) in [4.78, 5) is 27.5. The lowest BCUT2D eigenvalue weighted by atomic mass is 10.1. The number of ether oxygens (including phenoxy) is 2. The molecular formula is C23H25N3O4. The second-order valence-corrected chi connectivity index (χ2v) is 6.89. The van der Waals surface area contributed by atoms with E-state index in [0.717, 1.165) is 10.8 Å². The van der Waals surface area contributed by atoms with Crippen molar-refractivity contribution in [3.63, 3.8) is 0 Å². The molecule has 3 aromatic rings. The summed E-state index contributed by atoms with van der Waals surface area (Å²) >= 11 is 0. The second-order valence-electron chi connectivity index (χ2n) is 6.89. The van der Waals surface area contributed by atoms with Crippen LogP contribution in [0.2, 0.25) is 0 Å². The molecule has 3 rings (SSSR count). The van der Waals surface area contributed by atoms with Gasteiger partial charge in [-0.25, -0.2) is 10.2 Å². The molecule has 0 radical (unpaired) electrons. The highest BCUT2D eigenvalue weighted by molar-refractivity contribution is 5.96. The number of carbonyl (C=O) groups is 2. The predicted molar refractivity (Wildman–Crippen MR) is 116 cm³/mol. The quantitative estimate of drug-likeness (QED) is 0.353. The van der Waals surface area contributed by atoms with Crippen LogP contribution in [0.4, 0.5) is 0 Å². The number of benzene rings is 2. The minimum atomic E-state index is -0.732. The number of hydrogen-bond acceptors (Lipinski definition) is 5. The Morgan fingerprint density at radius 1 is 1.17 bits per heavy atom. The number of carbonyl (C=O) groups excluding carboxylic acids is 2. The topological polar surface area (TPSA) is 92.8 Å². The maximum Gasteiger partial charge on any atom is 0.340 e. The third kappa shape index (κ3) is 4.68. The van der Waals surface area contributed by atoms with E-state index in [9.17, 15) is 9.59 Å². The number of aromatic nitrogens is 1. The number of fused-ring (bicyclic) bond motifs is 1. The molecule has 1 amide bonds. The van der Waals surface area contributed by atoms with E-state index in [1.165, 1.54) is 6.21 Å². The van der Waals surface area contributed by atoms with Crippen molar-refractivity contribution in [2.75, 3.05) is 6.61 Å². The van der Waals surface area contributed by atoms with Crippen molar-refractivity contribution >= 4 is 28.9 Å². The number of aryl methyl sites for hydroxylation is 1. The van der Waals surface area contributed by atoms with Crippen molar-refractivity contribution < 1.29 is 19.1 Å². The zero-order valence-electron chi connectivity index (χ0n) is 17.5. The van der Waals surface area contributed by atoms with E-state index < -0.39 is 6.10 Å². The van der Waals surface area contributed by atoms with Gasteiger partial charge in [0.15, 0.2) is 6.10 Å². The molecule has 0 aliphatic carbocycles. The van der Waals surface area contributed by atoms with E-state index in [4.69, 9.17) is 9.47 Å². The molecule has 1 atom stereocenters. The Balaban J connectivity index is 1.62. The highest BCUT2D eigenvalue weighted by Crippen LogP contribution is 2.21. The molecule has 0 saturated carbocycles. The highest BCUT2D eigenvalue weighted by Gasteiger charge is 2.19. The van der Waals surface area contributed by atoms with E-state index in [0.29, 0.717) is 34.9 Å². The number of esters is 1. The minimum Gasteiger partial charge on any atom is -0.481 e. The average molecular weight is 407 g/mol. The van der Waals surface area contributed by atoms with Crippen LogP contribution in [0.25, 0.3) is 10.8 Å². The number of hydrazone groups is 1. The third-order valence-electron chi connectivity index (χ3n) is 4.73. The van der Waals surface area contributed by atoms with Gasteiger partial charge in [-0.05, 0) is 56.2 Å². The van der Waals surface area contributed by atoms with Gasteiger partial charge in [0.25, 0.3) is 5.91 Å². The first-order valence-corrected chi connectivity index (χ1v) is 9.75. The van der Waals surface area contributed by atoms with Gasteiger partial charge in [0, 0.05) is 5.69 Å². The maximum atomic E-state index is 12.3. The van der Waals surface area contributed by atoms with Crippen molar-refractivity contribution in [1.82, 2.24) is 10.4 Å². The summed E-state index contributed by atoms with van der Waals surface area (Å²) in [5.41, 5.74) is 4.98. The van der Waals surface area contributed by atoms with Gasteiger partial charge in [-0.2, -0.15) is 5.10 Å². The molecule has 0 aliphatic heterocycles. The summed E-state index contributed by atoms with van der Waals surface area (Å²) in [5, 5.41) is 6.13. The van der Waals surface area contributed by atoms with Gasteiger partial charge in [0.05, 0.1) is 24.1 Å². The van der Waals surface area contributed by atoms with Crippen LogP contribution in [0.15, 0.2) is 47.6 Å². The molecule has 0 fully saturated rings. The van der Waals surface area contributed by atoms with Gasteiger partial charge in [0.1, 0.15) is 5.75 Å². The van der Waals surface area contributed by atoms with Gasteiger partial charge >= 0.3 is 5.97 Å². The first-order valence-electron chi connectivity index (χ1n) is 9.75. The summed E-state index contributed by atoms with van der Waals surface area (Å²) in [5.74, 6) is -0.161. The van der Waals surface area contributed by atoms with Crippen LogP contribution in [0.5, 0.6) is 5.75 Å². The fraction of sp³-hybridized carbons (Fsp3) is 0.261. The first kappa shape index (κ1) is 21.1. The normalized spacial score (nSPS) is 12.1. The van der Waals surface area contributed by atoms with Gasteiger partial charge < -0.3 is 14.5 Å². The van der Waals surface area contributed by atoms with Crippen LogP contribution in [-0.2, 0) is 9.53 Å². The zero-order chi connectivity index (χ0) is 21.7. The Bertz CT molecular complexity index is 1100. The molecule has 0 bridgehead atoms. The van der Waals surface area contributed by atoms with Crippen molar-refractivity contribution in [3.8, 4) is 5.75 Å². The molecule has 0 saturated heterocycles. The zero-order valence-corrected chi connectivity index (χ0v) is 17.5. The summed E-state index contributed by atoms with van der Waals surface area (Å²) in [6.45, 7) is 7.30. The molecule has 7 heteroatoms. The van der Waals surface area contributed by atoms with Crippen LogP contribution < -0.4 is 10.2 Å². The Labute approximate surface area is 175 Å². The number of amides is 1. The Morgan fingerprint density at radius 2 is 1.90 bits per heavy atom. The lowest BCUT2D eigenvalue weighted by molar-refractivity contribution is -0.127. The molecule has 1 heterocycles. The summed E-state index contributed by atoms with van der Waals surface area (Å²) in [7, 11) is 0. The molecule has 2 aromatic carbocycles. The summed E-state index contributed by atoms with van der Waals surface area (Å²) in [6.07, 6.45) is 0.732. The molecular weight excluding hydrogens is 382 g/mol. The smallest absolute Gasteiger partial charge is 0.340 e. The second kappa shape index (κ2) is 9.26. The van der Waals surface area contributed by atoms with Crippen molar-refractivity contribution in [2.24, 2.45) is 5.10 Å². The van der Waals surface area contributed by atoms with Gasteiger partial charge in [0.2, 0.25) is 0 Å². The first-order chi connectivity index (χ1) is 14.4. The monoisotopic (exact) mass is 407 g/mol. The molecule has 7 nitrogen and oxygen atoms in total. The van der Waals surface area contributed by atoms with Crippen molar-refractivity contribution in [1.29, 1.82) is 0 Å². The van der Waals surface area contributed by atoms with E-state index in [1.807, 2.05) is 42.5 Å². The van der Waals surface area contributed by atoms with Crippen LogP contribution in [0.3, 0.4) is 0 Å². The molecule has 0 spiro atoms. The molecule has 156 valence electrons. The Morgan fingerprint density at radius 3 is 2.63 bits per heavy atom. The molecule has 2 N–H and O–H groups in total. The fourth-order valence-corrected chi connectivity index (χ4v) is 3.16. The van der Waals surface area contributed by atoms with E-state index in [2.05, 4.69) is 15.5 Å². The number of aromatic amines is 1. The standard InChI is InChI=1S/C23H25N3O4/c1-5-29-23(28)21-14(2)20(25-15(21)3)13-24-26-22(27)16(4)30-19-11-10-17-8-6-7-9-18(17)12-19/h6-13,16,25H,5H2,1-4H3,(H,26,27)/b24-13+/t16-/m0/s1. The number of hydrogen-bond donors (Lipinski definition) is 2. The molecule has 0 aliphatic rings. The largest absolute Gasteiger partial charge is 0.481 e. The van der Waals surface area contributed by atoms with Crippen molar-refractivity contribution in [2.45, 2.75) is 33.8 Å². The van der Waals surface area contributed by atoms with Gasteiger partial charge in [-0.3, -0.25) is 4.79 Å². The van der Waals surface area contributed by atoms with E-state index >= 15 is 0 Å². The van der Waals surface area contributed by atoms with Crippen LogP contribution in [0.1, 0.15) is 41.2 Å². The van der Waals surface area contributed by atoms with Crippen LogP contribution in [0, 0.1) is 13.8 Å². The highest BCUT2D eigenvalue weighted by atomic mass is 16.5. The lowest BCUT2D eigenvalue weighted by Crippen LogP contribution is -2.33. The van der Waals surface area contributed by atoms with Gasteiger partial charge in [-0.15, -0.1) is 0 Å². The summed E-state index contributed by atoms with van der Waals surface area (Å²) < 4.78 is 10.8. The number of nitrogens with one attached hydrogen (secondary N) is 2. The van der Waals surface area contributed by atoms with Crippen LogP contribution in [-0.4, -0.2) is 35.8 Å². The summed E-state index contributed by atoms with van der Waals surface area (Å²) in [6, 6.07) is 13.6. The lowest BCUT2D eigenvalue weighted by Gasteiger charge is -2.13. The Kier molecular flexibility index (Phi) is 6.51. The van der Waals surface area contributed by atoms with Crippen molar-refractivity contribution in [3.05, 3.63) is 65.0 Å². The molecule has 30 heavy (non-hydrogen) atoms. The fourth-order valence-electron chi connectivity index (χ4n) is 3.16. The minimum absolute atomic E-state index is 0.303.